The number of carbonyl (C=O) groups is 1. The minimum Gasteiger partial charge on any atom is -0.316 e. The monoisotopic (exact) mass is 379 g/mol. The first-order valence-corrected chi connectivity index (χ1v) is 11.6. The number of rotatable bonds is 5. The zero-order valence-corrected chi connectivity index (χ0v) is 15.3. The predicted molar refractivity (Wildman–Crippen MR) is 87.0 cm³/mol. The number of hydrogen-bond acceptors (Lipinski definition) is 6. The minimum atomic E-state index is -4.71. The first-order valence-electron chi connectivity index (χ1n) is 7.40. The summed E-state index contributed by atoms with van der Waals surface area (Å²) in [6.45, 7) is 0.853. The van der Waals surface area contributed by atoms with E-state index in [9.17, 15) is 13.2 Å². The van der Waals surface area contributed by atoms with Gasteiger partial charge in [-0.05, 0) is 31.6 Å². The average molecular weight is 379 g/mol. The molecule has 2 bridgehead atoms. The van der Waals surface area contributed by atoms with E-state index in [1.54, 1.807) is 9.58 Å². The zero-order chi connectivity index (χ0) is 17.7. The van der Waals surface area contributed by atoms with Crippen molar-refractivity contribution in [3.63, 3.8) is 0 Å². The fourth-order valence-corrected chi connectivity index (χ4v) is 4.07. The van der Waals surface area contributed by atoms with E-state index in [2.05, 4.69) is 33.4 Å². The van der Waals surface area contributed by atoms with Crippen LogP contribution in [-0.4, -0.2) is 81.4 Å². The molecular formula is C12H21N5O5S2. The smallest absolute Gasteiger partial charge is 0.316 e. The Bertz CT molecular complexity index is 743. The van der Waals surface area contributed by atoms with Gasteiger partial charge >= 0.3 is 16.4 Å². The van der Waals surface area contributed by atoms with Crippen molar-refractivity contribution in [2.75, 3.05) is 25.3 Å². The molecule has 2 fully saturated rings. The lowest BCUT2D eigenvalue weighted by molar-refractivity contribution is -0.0317. The van der Waals surface area contributed by atoms with Crippen molar-refractivity contribution in [2.24, 2.45) is 0 Å². The molecule has 0 spiro atoms. The molecule has 2 aliphatic rings. The number of urea groups is 1. The van der Waals surface area contributed by atoms with Crippen molar-refractivity contribution >= 4 is 26.5 Å². The second-order valence-electron chi connectivity index (χ2n) is 6.76. The Labute approximate surface area is 142 Å². The van der Waals surface area contributed by atoms with E-state index in [0.29, 0.717) is 25.9 Å². The lowest BCUT2D eigenvalue weighted by atomic mass is 10.0. The fourth-order valence-electron chi connectivity index (χ4n) is 2.97. The van der Waals surface area contributed by atoms with Gasteiger partial charge in [-0.1, -0.05) is 5.21 Å². The Morgan fingerprint density at radius 3 is 2.62 bits per heavy atom. The van der Waals surface area contributed by atoms with Crippen LogP contribution in [0.25, 0.3) is 0 Å². The topological polar surface area (TPSA) is 118 Å². The summed E-state index contributed by atoms with van der Waals surface area (Å²) in [5, 5.41) is 10.0. The third-order valence-electron chi connectivity index (χ3n) is 4.16. The van der Waals surface area contributed by atoms with Crippen LogP contribution in [0, 0.1) is 0 Å². The van der Waals surface area contributed by atoms with Gasteiger partial charge in [0.25, 0.3) is 0 Å². The largest absolute Gasteiger partial charge is 0.418 e. The molecule has 12 heteroatoms. The van der Waals surface area contributed by atoms with Gasteiger partial charge in [-0.25, -0.2) is 19.5 Å². The summed E-state index contributed by atoms with van der Waals surface area (Å²) < 4.78 is 36.7. The fraction of sp³-hybridized carbons (Fsp3) is 0.750. The van der Waals surface area contributed by atoms with Gasteiger partial charge in [0.05, 0.1) is 24.8 Å². The molecule has 2 saturated heterocycles. The number of aromatic nitrogens is 3. The Morgan fingerprint density at radius 1 is 1.33 bits per heavy atom. The van der Waals surface area contributed by atoms with Crippen LogP contribution in [0.1, 0.15) is 12.8 Å². The Hall–Kier alpha value is -1.37. The summed E-state index contributed by atoms with van der Waals surface area (Å²) >= 11 is 0. The molecule has 24 heavy (non-hydrogen) atoms. The number of nitrogens with zero attached hydrogens (tertiary/aromatic N) is 5. The molecule has 2 unspecified atom stereocenters. The van der Waals surface area contributed by atoms with Crippen molar-refractivity contribution in [1.82, 2.24) is 25.0 Å². The quantitative estimate of drug-likeness (QED) is 0.733. The molecule has 3 heterocycles. The van der Waals surface area contributed by atoms with Gasteiger partial charge in [0.15, 0.2) is 0 Å². The number of fused-ring (bicyclic) bond motifs is 2. The molecular weight excluding hydrogens is 358 g/mol. The van der Waals surface area contributed by atoms with Crippen LogP contribution >= 0.6 is 10.0 Å². The van der Waals surface area contributed by atoms with Crippen LogP contribution in [0.5, 0.6) is 0 Å². The molecule has 136 valence electrons. The van der Waals surface area contributed by atoms with E-state index in [-0.39, 0.29) is 12.1 Å². The van der Waals surface area contributed by atoms with Gasteiger partial charge in [-0.15, -0.1) is 9.38 Å². The van der Waals surface area contributed by atoms with Gasteiger partial charge in [-0.3, -0.25) is 4.55 Å². The molecule has 2 atom stereocenters. The summed E-state index contributed by atoms with van der Waals surface area (Å²) in [5.41, 5.74) is 0. The van der Waals surface area contributed by atoms with Crippen LogP contribution in [-0.2, 0) is 21.2 Å². The first kappa shape index (κ1) is 17.5. The second kappa shape index (κ2) is 5.86. The molecule has 10 nitrogen and oxygen atoms in total. The van der Waals surface area contributed by atoms with Crippen LogP contribution in [0.15, 0.2) is 11.2 Å². The Morgan fingerprint density at radius 2 is 2.04 bits per heavy atom. The summed E-state index contributed by atoms with van der Waals surface area (Å²) in [5.74, 6) is 0. The summed E-state index contributed by atoms with van der Waals surface area (Å²) in [7, 11) is -5.69. The summed E-state index contributed by atoms with van der Waals surface area (Å²) in [6, 6.07) is -1.05. The third-order valence-corrected chi connectivity index (χ3v) is 5.96. The van der Waals surface area contributed by atoms with E-state index >= 15 is 0 Å². The minimum absolute atomic E-state index is 0.117. The first-order chi connectivity index (χ1) is 11.0. The van der Waals surface area contributed by atoms with Crippen LogP contribution in [0.2, 0.25) is 0 Å². The normalized spacial score (nSPS) is 25.4. The molecule has 0 aliphatic carbocycles. The number of amides is 2. The third kappa shape index (κ3) is 3.50. The maximum atomic E-state index is 12.3. The van der Waals surface area contributed by atoms with Gasteiger partial charge in [0, 0.05) is 6.54 Å². The maximum Gasteiger partial charge on any atom is 0.418 e. The molecule has 2 aliphatic heterocycles. The molecule has 1 aromatic rings. The molecule has 0 saturated carbocycles. The van der Waals surface area contributed by atoms with E-state index in [4.69, 9.17) is 4.55 Å². The lowest BCUT2D eigenvalue weighted by Crippen LogP contribution is -2.42. The number of hydroxylamine groups is 2. The highest BCUT2D eigenvalue weighted by atomic mass is 32.3. The maximum absolute atomic E-state index is 12.3. The van der Waals surface area contributed by atoms with E-state index in [1.807, 2.05) is 6.20 Å². The molecule has 0 aromatic carbocycles. The van der Waals surface area contributed by atoms with E-state index in [0.717, 1.165) is 10.1 Å². The number of hydrogen-bond donors (Lipinski definition) is 1. The number of piperidine rings is 1. The van der Waals surface area contributed by atoms with Gasteiger partial charge in [0.2, 0.25) is 0 Å². The van der Waals surface area contributed by atoms with Crippen molar-refractivity contribution < 1.29 is 22.0 Å². The second-order valence-corrected chi connectivity index (χ2v) is 11.9. The van der Waals surface area contributed by atoms with Gasteiger partial charge in [-0.2, -0.15) is 13.5 Å². The molecule has 0 radical (unpaired) electrons. The SMILES string of the molecule is CS(C)(C)c1cn(CC2CCC3CN2C(=O)N3OS(=O)(=O)O)nn1. The molecule has 3 rings (SSSR count). The van der Waals surface area contributed by atoms with Crippen molar-refractivity contribution in [2.45, 2.75) is 36.5 Å². The Balaban J connectivity index is 1.71. The molecule has 2 amide bonds. The highest BCUT2D eigenvalue weighted by Gasteiger charge is 2.47. The van der Waals surface area contributed by atoms with Crippen LogP contribution in [0.3, 0.4) is 0 Å². The summed E-state index contributed by atoms with van der Waals surface area (Å²) in [6.07, 6.45) is 9.56. The highest BCUT2D eigenvalue weighted by molar-refractivity contribution is 8.32. The molecule has 1 aromatic heterocycles. The van der Waals surface area contributed by atoms with E-state index in [1.165, 1.54) is 0 Å². The molecule has 1 N–H and O–H groups in total. The van der Waals surface area contributed by atoms with Crippen molar-refractivity contribution in [3.05, 3.63) is 6.20 Å². The Kier molecular flexibility index (Phi) is 4.26. The van der Waals surface area contributed by atoms with Crippen molar-refractivity contribution in [3.8, 4) is 0 Å². The highest BCUT2D eigenvalue weighted by Crippen LogP contribution is 2.43. The van der Waals surface area contributed by atoms with E-state index < -0.39 is 26.5 Å². The lowest BCUT2D eigenvalue weighted by Gasteiger charge is -2.30. The zero-order valence-electron chi connectivity index (χ0n) is 13.7. The van der Waals surface area contributed by atoms with Gasteiger partial charge in [0.1, 0.15) is 5.03 Å². The number of carbonyl (C=O) groups excluding carboxylic acids is 1. The standard InChI is InChI=1S/C12H21N5O5S2/c1-23(2,3)11-8-15(14-13-11)6-9-4-5-10-7-16(9)12(18)17(10)22-24(19,20)21/h8-10H,4-7H2,1-3H3,(H,19,20,21). The average Bonchev–Trinajstić information content (AvgIpc) is 3.00. The summed E-state index contributed by atoms with van der Waals surface area (Å²) in [4.78, 5) is 13.9. The van der Waals surface area contributed by atoms with Crippen LogP contribution < -0.4 is 0 Å². The predicted octanol–water partition coefficient (Wildman–Crippen LogP) is 0.334. The van der Waals surface area contributed by atoms with Crippen LogP contribution in [0.4, 0.5) is 4.79 Å². The van der Waals surface area contributed by atoms with Crippen molar-refractivity contribution in [1.29, 1.82) is 0 Å². The van der Waals surface area contributed by atoms with Gasteiger partial charge < -0.3 is 4.90 Å².